The molecular formula is C27H29ClN4O4. The van der Waals surface area contributed by atoms with Gasteiger partial charge in [-0.2, -0.15) is 5.26 Å². The Bertz CT molecular complexity index is 1230. The van der Waals surface area contributed by atoms with Crippen LogP contribution < -0.4 is 14.8 Å². The molecule has 0 saturated carbocycles. The first-order chi connectivity index (χ1) is 17.3. The fourth-order valence-electron chi connectivity index (χ4n) is 3.97. The van der Waals surface area contributed by atoms with Crippen molar-refractivity contribution < 1.29 is 19.0 Å². The van der Waals surface area contributed by atoms with E-state index in [1.54, 1.807) is 48.8 Å². The zero-order chi connectivity index (χ0) is 25.5. The average molecular weight is 509 g/mol. The number of hydrogen-bond donors (Lipinski definition) is 1. The Hall–Kier alpha value is -3.51. The van der Waals surface area contributed by atoms with Gasteiger partial charge < -0.3 is 18.8 Å². The number of morpholine rings is 1. The van der Waals surface area contributed by atoms with Crippen LogP contribution in [0, 0.1) is 16.7 Å². The Morgan fingerprint density at radius 1 is 1.17 bits per heavy atom. The summed E-state index contributed by atoms with van der Waals surface area (Å²) in [5.74, 6) is 0.858. The highest BCUT2D eigenvalue weighted by Crippen LogP contribution is 2.26. The number of hydrogen-bond acceptors (Lipinski definition) is 6. The molecule has 1 aliphatic heterocycles. The van der Waals surface area contributed by atoms with E-state index in [0.29, 0.717) is 34.4 Å². The van der Waals surface area contributed by atoms with Gasteiger partial charge in [-0.3, -0.25) is 10.2 Å². The number of carbonyl (C=O) groups excluding carboxylic acids is 1. The van der Waals surface area contributed by atoms with Crippen molar-refractivity contribution >= 4 is 23.4 Å². The Morgan fingerprint density at radius 3 is 2.64 bits per heavy atom. The maximum absolute atomic E-state index is 12.4. The molecule has 1 amide bonds. The van der Waals surface area contributed by atoms with Crippen molar-refractivity contribution in [3.05, 3.63) is 71.5 Å². The lowest BCUT2D eigenvalue weighted by Crippen LogP contribution is -2.43. The molecule has 0 spiro atoms. The van der Waals surface area contributed by atoms with Gasteiger partial charge in [-0.05, 0) is 48.5 Å². The summed E-state index contributed by atoms with van der Waals surface area (Å²) in [6.07, 6.45) is 2.82. The zero-order valence-corrected chi connectivity index (χ0v) is 21.1. The average Bonchev–Trinajstić information content (AvgIpc) is 3.32. The summed E-state index contributed by atoms with van der Waals surface area (Å²) in [7, 11) is 0. The van der Waals surface area contributed by atoms with Crippen LogP contribution >= 0.6 is 11.6 Å². The largest absolute Gasteiger partial charge is 0.492 e. The molecule has 36 heavy (non-hydrogen) atoms. The predicted molar refractivity (Wildman–Crippen MR) is 138 cm³/mol. The van der Waals surface area contributed by atoms with Crippen molar-refractivity contribution in [2.45, 2.75) is 13.8 Å². The van der Waals surface area contributed by atoms with Gasteiger partial charge in [0.2, 0.25) is 0 Å². The molecule has 4 rings (SSSR count). The van der Waals surface area contributed by atoms with E-state index in [2.05, 4.69) is 30.1 Å². The van der Waals surface area contributed by atoms with Gasteiger partial charge in [0.05, 0.1) is 31.6 Å². The van der Waals surface area contributed by atoms with Crippen LogP contribution in [0.2, 0.25) is 5.02 Å². The van der Waals surface area contributed by atoms with Gasteiger partial charge >= 0.3 is 6.09 Å². The van der Waals surface area contributed by atoms with Gasteiger partial charge in [-0.15, -0.1) is 0 Å². The third-order valence-corrected chi connectivity index (χ3v) is 5.97. The summed E-state index contributed by atoms with van der Waals surface area (Å²) < 4.78 is 18.6. The first kappa shape index (κ1) is 25.6. The normalized spacial score (nSPS) is 14.2. The van der Waals surface area contributed by atoms with Crippen molar-refractivity contribution in [3.63, 3.8) is 0 Å². The van der Waals surface area contributed by atoms with E-state index in [1.165, 1.54) is 0 Å². The SMILES string of the molecule is CC(C)(COc1ccc(NC(=O)Oc2ccn(-c3ccc(Cl)cc3)c2)cc1C#N)CN1CCOCC1. The maximum Gasteiger partial charge on any atom is 0.417 e. The molecule has 0 unspecified atom stereocenters. The highest BCUT2D eigenvalue weighted by Gasteiger charge is 2.24. The second-order valence-electron chi connectivity index (χ2n) is 9.41. The van der Waals surface area contributed by atoms with Gasteiger partial charge in [-0.1, -0.05) is 25.4 Å². The molecule has 0 bridgehead atoms. The number of halogens is 1. The van der Waals surface area contributed by atoms with Crippen LogP contribution in [0.5, 0.6) is 11.5 Å². The third kappa shape index (κ3) is 7.01. The first-order valence-electron chi connectivity index (χ1n) is 11.7. The number of nitriles is 1. The van der Waals surface area contributed by atoms with Crippen molar-refractivity contribution in [1.82, 2.24) is 9.47 Å². The molecule has 1 aliphatic rings. The number of benzene rings is 2. The van der Waals surface area contributed by atoms with E-state index >= 15 is 0 Å². The number of nitrogens with one attached hydrogen (secondary N) is 1. The van der Waals surface area contributed by atoms with Gasteiger partial charge in [0, 0.05) is 47.6 Å². The van der Waals surface area contributed by atoms with Crippen LogP contribution in [0.25, 0.3) is 5.69 Å². The van der Waals surface area contributed by atoms with Gasteiger partial charge in [0.15, 0.2) is 5.75 Å². The fraction of sp³-hybridized carbons (Fsp3) is 0.333. The molecule has 0 radical (unpaired) electrons. The first-order valence-corrected chi connectivity index (χ1v) is 12.1. The van der Waals surface area contributed by atoms with E-state index in [-0.39, 0.29) is 5.41 Å². The number of ether oxygens (including phenoxy) is 3. The van der Waals surface area contributed by atoms with Gasteiger partial charge in [0.25, 0.3) is 0 Å². The lowest BCUT2D eigenvalue weighted by atomic mass is 9.93. The Kier molecular flexibility index (Phi) is 8.16. The van der Waals surface area contributed by atoms with Crippen LogP contribution in [0.4, 0.5) is 10.5 Å². The molecule has 9 heteroatoms. The van der Waals surface area contributed by atoms with Crippen LogP contribution in [-0.4, -0.2) is 55.0 Å². The molecule has 8 nitrogen and oxygen atoms in total. The minimum atomic E-state index is -0.659. The number of rotatable bonds is 8. The van der Waals surface area contributed by atoms with E-state index in [1.807, 2.05) is 16.7 Å². The molecular weight excluding hydrogens is 480 g/mol. The predicted octanol–water partition coefficient (Wildman–Crippen LogP) is 5.35. The Balaban J connectivity index is 1.32. The molecule has 1 fully saturated rings. The molecule has 0 atom stereocenters. The molecule has 2 aromatic carbocycles. The van der Waals surface area contributed by atoms with Crippen LogP contribution in [-0.2, 0) is 4.74 Å². The van der Waals surface area contributed by atoms with Crippen molar-refractivity contribution in [3.8, 4) is 23.3 Å². The number of anilines is 1. The van der Waals surface area contributed by atoms with E-state index in [4.69, 9.17) is 25.8 Å². The summed E-state index contributed by atoms with van der Waals surface area (Å²) in [5.41, 5.74) is 1.56. The van der Waals surface area contributed by atoms with Crippen LogP contribution in [0.1, 0.15) is 19.4 Å². The standard InChI is InChI=1S/C27H29ClN4O4/c1-27(2,18-31-11-13-34-14-12-31)19-35-25-8-5-22(15-20(25)16-29)30-26(33)36-24-9-10-32(17-24)23-6-3-21(28)4-7-23/h3-10,15,17H,11-14,18-19H2,1-2H3,(H,30,33). The Labute approximate surface area is 215 Å². The molecule has 1 aromatic heterocycles. The smallest absolute Gasteiger partial charge is 0.417 e. The van der Waals surface area contributed by atoms with Crippen molar-refractivity contribution in [2.75, 3.05) is 44.8 Å². The van der Waals surface area contributed by atoms with Gasteiger partial charge in [-0.25, -0.2) is 4.79 Å². The summed E-state index contributed by atoms with van der Waals surface area (Å²) in [4.78, 5) is 14.8. The lowest BCUT2D eigenvalue weighted by molar-refractivity contribution is 0.0132. The van der Waals surface area contributed by atoms with Crippen molar-refractivity contribution in [2.24, 2.45) is 5.41 Å². The zero-order valence-electron chi connectivity index (χ0n) is 20.4. The van der Waals surface area contributed by atoms with E-state index in [9.17, 15) is 10.1 Å². The molecule has 1 saturated heterocycles. The number of carbonyl (C=O) groups is 1. The number of aromatic nitrogens is 1. The van der Waals surface area contributed by atoms with E-state index in [0.717, 1.165) is 38.5 Å². The molecule has 188 valence electrons. The molecule has 1 N–H and O–H groups in total. The fourth-order valence-corrected chi connectivity index (χ4v) is 4.09. The minimum Gasteiger partial charge on any atom is -0.492 e. The lowest BCUT2D eigenvalue weighted by Gasteiger charge is -2.34. The third-order valence-electron chi connectivity index (χ3n) is 5.72. The number of amides is 1. The Morgan fingerprint density at radius 2 is 1.92 bits per heavy atom. The van der Waals surface area contributed by atoms with Crippen LogP contribution in [0.3, 0.4) is 0 Å². The van der Waals surface area contributed by atoms with Crippen molar-refractivity contribution in [1.29, 1.82) is 5.26 Å². The molecule has 3 aromatic rings. The monoisotopic (exact) mass is 508 g/mol. The van der Waals surface area contributed by atoms with Crippen LogP contribution in [0.15, 0.2) is 60.9 Å². The minimum absolute atomic E-state index is 0.104. The highest BCUT2D eigenvalue weighted by molar-refractivity contribution is 6.30. The maximum atomic E-state index is 12.4. The topological polar surface area (TPSA) is 88.8 Å². The van der Waals surface area contributed by atoms with Gasteiger partial charge in [0.1, 0.15) is 11.8 Å². The number of nitrogens with zero attached hydrogens (tertiary/aromatic N) is 3. The molecule has 2 heterocycles. The quantitative estimate of drug-likeness (QED) is 0.441. The molecule has 0 aliphatic carbocycles. The second kappa shape index (κ2) is 11.5. The van der Waals surface area contributed by atoms with E-state index < -0.39 is 6.09 Å². The second-order valence-corrected chi connectivity index (χ2v) is 9.85. The summed E-state index contributed by atoms with van der Waals surface area (Å²) in [5, 5.41) is 12.9. The highest BCUT2D eigenvalue weighted by atomic mass is 35.5. The summed E-state index contributed by atoms with van der Waals surface area (Å²) in [6.45, 7) is 8.94. The summed E-state index contributed by atoms with van der Waals surface area (Å²) >= 11 is 5.93. The summed E-state index contributed by atoms with van der Waals surface area (Å²) in [6, 6.07) is 16.1.